The van der Waals surface area contributed by atoms with Crippen molar-refractivity contribution in [2.75, 3.05) is 33.7 Å². The van der Waals surface area contributed by atoms with E-state index in [-0.39, 0.29) is 17.9 Å². The number of aliphatic hydroxyl groups is 1. The molecule has 122 valence electrons. The molecule has 1 N–H and O–H groups in total. The Bertz CT molecular complexity index is 597. The van der Waals surface area contributed by atoms with Crippen LogP contribution >= 0.6 is 0 Å². The summed E-state index contributed by atoms with van der Waals surface area (Å²) in [5, 5.41) is 10.5. The Balaban J connectivity index is 1.93. The number of aromatic nitrogens is 1. The van der Waals surface area contributed by atoms with Gasteiger partial charge >= 0.3 is 0 Å². The maximum Gasteiger partial charge on any atom is 0.250 e. The van der Waals surface area contributed by atoms with Gasteiger partial charge in [0, 0.05) is 37.8 Å². The van der Waals surface area contributed by atoms with E-state index in [0.29, 0.717) is 32.6 Å². The Labute approximate surface area is 131 Å². The molecule has 0 aliphatic carbocycles. The summed E-state index contributed by atoms with van der Waals surface area (Å²) in [6.07, 6.45) is 0.879. The van der Waals surface area contributed by atoms with Crippen molar-refractivity contribution in [2.24, 2.45) is 0 Å². The van der Waals surface area contributed by atoms with Gasteiger partial charge in [-0.3, -0.25) is 9.59 Å². The van der Waals surface area contributed by atoms with Gasteiger partial charge in [0.15, 0.2) is 0 Å². The lowest BCUT2D eigenvalue weighted by Crippen LogP contribution is -2.43. The molecule has 1 aromatic heterocycles. The summed E-state index contributed by atoms with van der Waals surface area (Å²) < 4.78 is 1.61. The molecular weight excluding hydrogens is 282 g/mol. The van der Waals surface area contributed by atoms with Gasteiger partial charge in [-0.05, 0) is 33.5 Å². The topological polar surface area (TPSA) is 65.8 Å². The molecule has 1 amide bonds. The summed E-state index contributed by atoms with van der Waals surface area (Å²) >= 11 is 0. The number of hydrogen-bond acceptors (Lipinski definition) is 4. The largest absolute Gasteiger partial charge is 0.387 e. The van der Waals surface area contributed by atoms with Gasteiger partial charge in [0.2, 0.25) is 5.91 Å². The molecule has 1 fully saturated rings. The molecule has 0 spiro atoms. The van der Waals surface area contributed by atoms with Crippen LogP contribution in [0.1, 0.15) is 18.5 Å². The van der Waals surface area contributed by atoms with Crippen molar-refractivity contribution >= 4 is 5.91 Å². The molecule has 6 heteroatoms. The van der Waals surface area contributed by atoms with E-state index in [1.54, 1.807) is 15.5 Å². The van der Waals surface area contributed by atoms with Crippen molar-refractivity contribution in [1.29, 1.82) is 0 Å². The van der Waals surface area contributed by atoms with Gasteiger partial charge in [0.1, 0.15) is 0 Å². The van der Waals surface area contributed by atoms with Gasteiger partial charge in [0.05, 0.1) is 12.1 Å². The molecule has 1 atom stereocenters. The number of carbonyl (C=O) groups excluding carboxylic acids is 1. The van der Waals surface area contributed by atoms with Crippen LogP contribution in [-0.2, 0) is 11.3 Å². The van der Waals surface area contributed by atoms with E-state index >= 15 is 0 Å². The zero-order valence-corrected chi connectivity index (χ0v) is 13.6. The second kappa shape index (κ2) is 6.62. The van der Waals surface area contributed by atoms with E-state index in [1.807, 2.05) is 32.0 Å². The summed E-state index contributed by atoms with van der Waals surface area (Å²) in [5.74, 6) is -0.00941. The summed E-state index contributed by atoms with van der Waals surface area (Å²) in [5.41, 5.74) is -0.0530. The molecule has 1 aliphatic heterocycles. The van der Waals surface area contributed by atoms with Crippen molar-refractivity contribution < 1.29 is 9.90 Å². The number of hydrogen-bond donors (Lipinski definition) is 1. The molecule has 0 radical (unpaired) electrons. The molecule has 0 bridgehead atoms. The lowest BCUT2D eigenvalue weighted by atomic mass is 10.0. The average Bonchev–Trinajstić information content (AvgIpc) is 2.79. The third kappa shape index (κ3) is 3.96. The first-order valence-electron chi connectivity index (χ1n) is 7.62. The predicted octanol–water partition coefficient (Wildman–Crippen LogP) is 0.0718. The first-order valence-corrected chi connectivity index (χ1v) is 7.62. The van der Waals surface area contributed by atoms with Crippen LogP contribution < -0.4 is 5.56 Å². The van der Waals surface area contributed by atoms with Crippen molar-refractivity contribution in [3.63, 3.8) is 0 Å². The number of β-amino-alcohol motifs (C(OH)–C–C–N with tert-alkyl or cyclic N) is 1. The molecule has 0 saturated carbocycles. The van der Waals surface area contributed by atoms with Gasteiger partial charge in [-0.2, -0.15) is 0 Å². The average molecular weight is 307 g/mol. The second-order valence-electron chi connectivity index (χ2n) is 6.43. The van der Waals surface area contributed by atoms with Crippen molar-refractivity contribution in [2.45, 2.75) is 31.9 Å². The third-order valence-electron chi connectivity index (χ3n) is 4.11. The summed E-state index contributed by atoms with van der Waals surface area (Å²) in [6.45, 7) is 3.73. The normalized spacial score (nSPS) is 21.6. The standard InChI is InChI=1S/C16H25N3O3/c1-13-5-4-6-15(21)19(13)9-7-14(20)18-10-8-16(22,12-18)11-17(2)3/h4-6,22H,7-12H2,1-3H3. The zero-order chi connectivity index (χ0) is 16.3. The first-order chi connectivity index (χ1) is 10.3. The SMILES string of the molecule is Cc1cccc(=O)n1CCC(=O)N1CCC(O)(CN(C)C)C1. The van der Waals surface area contributed by atoms with E-state index < -0.39 is 5.60 Å². The second-order valence-corrected chi connectivity index (χ2v) is 6.43. The fourth-order valence-corrected chi connectivity index (χ4v) is 3.06. The van der Waals surface area contributed by atoms with E-state index in [1.165, 1.54) is 6.07 Å². The van der Waals surface area contributed by atoms with Crippen LogP contribution in [0.5, 0.6) is 0 Å². The highest BCUT2D eigenvalue weighted by molar-refractivity contribution is 5.76. The summed E-state index contributed by atoms with van der Waals surface area (Å²) in [4.78, 5) is 27.7. The van der Waals surface area contributed by atoms with Gasteiger partial charge < -0.3 is 19.5 Å². The Morgan fingerprint density at radius 1 is 1.41 bits per heavy atom. The molecule has 22 heavy (non-hydrogen) atoms. The minimum absolute atomic E-state index is 0.00941. The van der Waals surface area contributed by atoms with Crippen LogP contribution in [0.3, 0.4) is 0 Å². The quantitative estimate of drug-likeness (QED) is 0.836. The molecule has 1 unspecified atom stereocenters. The molecule has 2 heterocycles. The van der Waals surface area contributed by atoms with Crippen molar-refractivity contribution in [3.05, 3.63) is 34.2 Å². The number of carbonyl (C=O) groups is 1. The highest BCUT2D eigenvalue weighted by Crippen LogP contribution is 2.22. The van der Waals surface area contributed by atoms with Crippen LogP contribution in [-0.4, -0.2) is 64.7 Å². The molecular formula is C16H25N3O3. The van der Waals surface area contributed by atoms with Crippen LogP contribution in [0.4, 0.5) is 0 Å². The number of likely N-dealkylation sites (N-methyl/N-ethyl adjacent to an activating group) is 1. The summed E-state index contributed by atoms with van der Waals surface area (Å²) in [7, 11) is 3.82. The summed E-state index contributed by atoms with van der Waals surface area (Å²) in [6, 6.07) is 5.08. The number of nitrogens with zero attached hydrogens (tertiary/aromatic N) is 3. The maximum atomic E-state index is 12.3. The zero-order valence-electron chi connectivity index (χ0n) is 13.6. The van der Waals surface area contributed by atoms with Crippen molar-refractivity contribution in [1.82, 2.24) is 14.4 Å². The molecule has 6 nitrogen and oxygen atoms in total. The highest BCUT2D eigenvalue weighted by atomic mass is 16.3. The smallest absolute Gasteiger partial charge is 0.250 e. The minimum Gasteiger partial charge on any atom is -0.387 e. The number of aryl methyl sites for hydroxylation is 1. The van der Waals surface area contributed by atoms with Crippen molar-refractivity contribution in [3.8, 4) is 0 Å². The van der Waals surface area contributed by atoms with Gasteiger partial charge in [-0.15, -0.1) is 0 Å². The maximum absolute atomic E-state index is 12.3. The minimum atomic E-state index is -0.821. The number of pyridine rings is 1. The Morgan fingerprint density at radius 3 is 2.77 bits per heavy atom. The lowest BCUT2D eigenvalue weighted by molar-refractivity contribution is -0.131. The fourth-order valence-electron chi connectivity index (χ4n) is 3.06. The van der Waals surface area contributed by atoms with Crippen LogP contribution in [0.15, 0.2) is 23.0 Å². The van der Waals surface area contributed by atoms with E-state index in [4.69, 9.17) is 0 Å². The number of likely N-dealkylation sites (tertiary alicyclic amines) is 1. The Hall–Kier alpha value is -1.66. The Kier molecular flexibility index (Phi) is 5.03. The Morgan fingerprint density at radius 2 is 2.14 bits per heavy atom. The number of rotatable bonds is 5. The monoisotopic (exact) mass is 307 g/mol. The fraction of sp³-hybridized carbons (Fsp3) is 0.625. The van der Waals surface area contributed by atoms with E-state index in [9.17, 15) is 14.7 Å². The highest BCUT2D eigenvalue weighted by Gasteiger charge is 2.38. The molecule has 1 aliphatic rings. The lowest BCUT2D eigenvalue weighted by Gasteiger charge is -2.26. The predicted molar refractivity (Wildman–Crippen MR) is 84.8 cm³/mol. The van der Waals surface area contributed by atoms with Crippen LogP contribution in [0.2, 0.25) is 0 Å². The number of amides is 1. The van der Waals surface area contributed by atoms with Gasteiger partial charge in [-0.25, -0.2) is 0 Å². The molecule has 0 aromatic carbocycles. The molecule has 1 saturated heterocycles. The van der Waals surface area contributed by atoms with Gasteiger partial charge in [0.25, 0.3) is 5.56 Å². The van der Waals surface area contributed by atoms with Crippen LogP contribution in [0.25, 0.3) is 0 Å². The molecule has 2 rings (SSSR count). The van der Waals surface area contributed by atoms with E-state index in [2.05, 4.69) is 0 Å². The van der Waals surface area contributed by atoms with E-state index in [0.717, 1.165) is 5.69 Å². The van der Waals surface area contributed by atoms with Crippen LogP contribution in [0, 0.1) is 6.92 Å². The third-order valence-corrected chi connectivity index (χ3v) is 4.11. The van der Waals surface area contributed by atoms with Gasteiger partial charge in [-0.1, -0.05) is 6.07 Å². The molecule has 1 aromatic rings. The first kappa shape index (κ1) is 16.7.